The van der Waals surface area contributed by atoms with Crippen molar-refractivity contribution in [2.24, 2.45) is 0 Å². The molecule has 0 saturated carbocycles. The van der Waals surface area contributed by atoms with Crippen molar-refractivity contribution < 1.29 is 9.21 Å². The number of furan rings is 1. The number of nitrogens with one attached hydrogen (secondary N) is 1. The summed E-state index contributed by atoms with van der Waals surface area (Å²) in [7, 11) is 0. The number of nitrogens with zero attached hydrogens (tertiary/aromatic N) is 1. The summed E-state index contributed by atoms with van der Waals surface area (Å²) < 4.78 is 5.35. The zero-order chi connectivity index (χ0) is 13.0. The van der Waals surface area contributed by atoms with Crippen LogP contribution in [-0.4, -0.2) is 5.91 Å². The van der Waals surface area contributed by atoms with Crippen LogP contribution in [0.2, 0.25) is 0 Å². The van der Waals surface area contributed by atoms with Gasteiger partial charge in [-0.2, -0.15) is 5.26 Å². The fourth-order valence-corrected chi connectivity index (χ4v) is 1.58. The Morgan fingerprint density at radius 2 is 2.22 bits per heavy atom. The first-order valence-corrected chi connectivity index (χ1v) is 5.53. The molecule has 18 heavy (non-hydrogen) atoms. The predicted octanol–water partition coefficient (Wildman–Crippen LogP) is 2.39. The summed E-state index contributed by atoms with van der Waals surface area (Å²) in [6.45, 7) is 2.19. The van der Waals surface area contributed by atoms with Crippen LogP contribution >= 0.6 is 0 Å². The minimum Gasteiger partial charge on any atom is -0.465 e. The second kappa shape index (κ2) is 5.19. The zero-order valence-electron chi connectivity index (χ0n) is 9.93. The van der Waals surface area contributed by atoms with Gasteiger partial charge in [0.15, 0.2) is 0 Å². The van der Waals surface area contributed by atoms with E-state index in [-0.39, 0.29) is 5.91 Å². The van der Waals surface area contributed by atoms with Crippen molar-refractivity contribution in [2.75, 3.05) is 0 Å². The summed E-state index contributed by atoms with van der Waals surface area (Å²) in [5.74, 6) is 1.30. The molecule has 1 N–H and O–H groups in total. The van der Waals surface area contributed by atoms with Gasteiger partial charge in [0, 0.05) is 5.56 Å². The molecule has 1 amide bonds. The lowest BCUT2D eigenvalue weighted by Crippen LogP contribution is -2.22. The van der Waals surface area contributed by atoms with Crippen LogP contribution in [0.5, 0.6) is 0 Å². The number of benzene rings is 1. The number of aryl methyl sites for hydroxylation is 1. The van der Waals surface area contributed by atoms with E-state index in [4.69, 9.17) is 9.68 Å². The number of nitriles is 1. The van der Waals surface area contributed by atoms with Crippen molar-refractivity contribution in [1.82, 2.24) is 5.32 Å². The predicted molar refractivity (Wildman–Crippen MR) is 65.8 cm³/mol. The molecule has 1 aromatic carbocycles. The first kappa shape index (κ1) is 11.9. The summed E-state index contributed by atoms with van der Waals surface area (Å²) in [6.07, 6.45) is 0. The minimum absolute atomic E-state index is 0.221. The third-order valence-electron chi connectivity index (χ3n) is 2.47. The van der Waals surface area contributed by atoms with Crippen molar-refractivity contribution in [3.05, 3.63) is 59.0 Å². The maximum atomic E-state index is 11.8. The first-order chi connectivity index (χ1) is 8.69. The molecule has 4 heteroatoms. The van der Waals surface area contributed by atoms with Gasteiger partial charge in [-0.1, -0.05) is 6.07 Å². The fraction of sp³-hybridized carbons (Fsp3) is 0.143. The van der Waals surface area contributed by atoms with Crippen LogP contribution in [0.1, 0.15) is 27.4 Å². The molecule has 0 spiro atoms. The highest BCUT2D eigenvalue weighted by Gasteiger charge is 2.07. The standard InChI is InChI=1S/C14H12N2O2/c1-10-5-6-13(18-10)9-16-14(17)12-4-2-3-11(7-12)8-15/h2-7H,9H2,1H3,(H,16,17). The molecular weight excluding hydrogens is 228 g/mol. The van der Waals surface area contributed by atoms with Gasteiger partial charge < -0.3 is 9.73 Å². The highest BCUT2D eigenvalue weighted by molar-refractivity contribution is 5.94. The van der Waals surface area contributed by atoms with Crippen LogP contribution in [0, 0.1) is 18.3 Å². The van der Waals surface area contributed by atoms with Gasteiger partial charge in [-0.05, 0) is 37.3 Å². The maximum Gasteiger partial charge on any atom is 0.251 e. The summed E-state index contributed by atoms with van der Waals surface area (Å²) >= 11 is 0. The molecule has 0 unspecified atom stereocenters. The zero-order valence-corrected chi connectivity index (χ0v) is 9.93. The van der Waals surface area contributed by atoms with Crippen molar-refractivity contribution in [3.63, 3.8) is 0 Å². The number of amides is 1. The molecule has 0 bridgehead atoms. The van der Waals surface area contributed by atoms with Gasteiger partial charge in [-0.3, -0.25) is 4.79 Å². The number of carbonyl (C=O) groups excluding carboxylic acids is 1. The Bertz CT molecular complexity index is 608. The van der Waals surface area contributed by atoms with Gasteiger partial charge >= 0.3 is 0 Å². The second-order valence-corrected chi connectivity index (χ2v) is 3.89. The molecule has 90 valence electrons. The van der Waals surface area contributed by atoms with Crippen molar-refractivity contribution in [2.45, 2.75) is 13.5 Å². The Morgan fingerprint density at radius 3 is 2.89 bits per heavy atom. The van der Waals surface area contributed by atoms with Crippen LogP contribution in [0.25, 0.3) is 0 Å². The van der Waals surface area contributed by atoms with Gasteiger partial charge in [-0.25, -0.2) is 0 Å². The van der Waals surface area contributed by atoms with Crippen LogP contribution in [0.15, 0.2) is 40.8 Å². The summed E-state index contributed by atoms with van der Waals surface area (Å²) in [5, 5.41) is 11.5. The van der Waals surface area contributed by atoms with Gasteiger partial charge in [0.05, 0.1) is 18.2 Å². The van der Waals surface area contributed by atoms with Crippen LogP contribution in [0.3, 0.4) is 0 Å². The van der Waals surface area contributed by atoms with Crippen LogP contribution in [-0.2, 0) is 6.54 Å². The Balaban J connectivity index is 2.01. The first-order valence-electron chi connectivity index (χ1n) is 5.53. The van der Waals surface area contributed by atoms with E-state index in [0.717, 1.165) is 5.76 Å². The largest absolute Gasteiger partial charge is 0.465 e. The highest BCUT2D eigenvalue weighted by atomic mass is 16.3. The topological polar surface area (TPSA) is 66.0 Å². The molecule has 0 aliphatic rings. The monoisotopic (exact) mass is 240 g/mol. The molecule has 0 aliphatic heterocycles. The average Bonchev–Trinajstić information content (AvgIpc) is 2.82. The quantitative estimate of drug-likeness (QED) is 0.895. The van der Waals surface area contributed by atoms with Crippen LogP contribution < -0.4 is 5.32 Å². The number of hydrogen-bond donors (Lipinski definition) is 1. The molecular formula is C14H12N2O2. The summed E-state index contributed by atoms with van der Waals surface area (Å²) in [4.78, 5) is 11.8. The Labute approximate surface area is 105 Å². The summed E-state index contributed by atoms with van der Waals surface area (Å²) in [6, 6.07) is 12.2. The second-order valence-electron chi connectivity index (χ2n) is 3.89. The maximum absolute atomic E-state index is 11.8. The van der Waals surface area contributed by atoms with Gasteiger partial charge in [0.25, 0.3) is 5.91 Å². The number of hydrogen-bond acceptors (Lipinski definition) is 3. The molecule has 4 nitrogen and oxygen atoms in total. The molecule has 0 atom stereocenters. The molecule has 0 aliphatic carbocycles. The lowest BCUT2D eigenvalue weighted by Gasteiger charge is -2.03. The smallest absolute Gasteiger partial charge is 0.251 e. The highest BCUT2D eigenvalue weighted by Crippen LogP contribution is 2.07. The van der Waals surface area contributed by atoms with E-state index < -0.39 is 0 Å². The summed E-state index contributed by atoms with van der Waals surface area (Å²) in [5.41, 5.74) is 0.939. The van der Waals surface area contributed by atoms with Crippen LogP contribution in [0.4, 0.5) is 0 Å². The fourth-order valence-electron chi connectivity index (χ4n) is 1.58. The molecule has 0 fully saturated rings. The molecule has 0 radical (unpaired) electrons. The molecule has 2 aromatic rings. The van der Waals surface area contributed by atoms with Crippen molar-refractivity contribution in [1.29, 1.82) is 5.26 Å². The van der Waals surface area contributed by atoms with E-state index in [1.54, 1.807) is 24.3 Å². The molecule has 2 rings (SSSR count). The average molecular weight is 240 g/mol. The number of carbonyl (C=O) groups is 1. The van der Waals surface area contributed by atoms with E-state index in [0.29, 0.717) is 23.4 Å². The van der Waals surface area contributed by atoms with Gasteiger partial charge in [0.1, 0.15) is 11.5 Å². The Hall–Kier alpha value is -2.54. The van der Waals surface area contributed by atoms with E-state index in [1.807, 2.05) is 25.1 Å². The third-order valence-corrected chi connectivity index (χ3v) is 2.47. The lowest BCUT2D eigenvalue weighted by molar-refractivity contribution is 0.0948. The van der Waals surface area contributed by atoms with E-state index in [9.17, 15) is 4.79 Å². The lowest BCUT2D eigenvalue weighted by atomic mass is 10.1. The van der Waals surface area contributed by atoms with Gasteiger partial charge in [-0.15, -0.1) is 0 Å². The Morgan fingerprint density at radius 1 is 1.39 bits per heavy atom. The Kier molecular flexibility index (Phi) is 3.44. The SMILES string of the molecule is Cc1ccc(CNC(=O)c2cccc(C#N)c2)o1. The van der Waals surface area contributed by atoms with Crippen molar-refractivity contribution in [3.8, 4) is 6.07 Å². The molecule has 1 aromatic heterocycles. The van der Waals surface area contributed by atoms with E-state index >= 15 is 0 Å². The molecule has 1 heterocycles. The number of rotatable bonds is 3. The van der Waals surface area contributed by atoms with E-state index in [1.165, 1.54) is 0 Å². The van der Waals surface area contributed by atoms with E-state index in [2.05, 4.69) is 5.32 Å². The normalized spacial score (nSPS) is 9.78. The van der Waals surface area contributed by atoms with Gasteiger partial charge in [0.2, 0.25) is 0 Å². The van der Waals surface area contributed by atoms with Crippen molar-refractivity contribution >= 4 is 5.91 Å². The third kappa shape index (κ3) is 2.77. The molecule has 0 saturated heterocycles. The minimum atomic E-state index is -0.221.